The smallest absolute Gasteiger partial charge is 0.335 e. The molecule has 6 nitrogen and oxygen atoms in total. The Morgan fingerprint density at radius 3 is 2.80 bits per heavy atom. The van der Waals surface area contributed by atoms with E-state index in [1.807, 2.05) is 12.1 Å². The molecule has 1 aromatic heterocycles. The average molecular weight is 340 g/mol. The number of aromatic nitrogens is 1. The van der Waals surface area contributed by atoms with Crippen molar-refractivity contribution in [3.63, 3.8) is 0 Å². The van der Waals surface area contributed by atoms with Crippen molar-refractivity contribution in [2.75, 3.05) is 13.7 Å². The maximum Gasteiger partial charge on any atom is 0.335 e. The summed E-state index contributed by atoms with van der Waals surface area (Å²) in [5.41, 5.74) is 2.88. The number of carbonyl (C=O) groups excluding carboxylic acids is 1. The minimum Gasteiger partial charge on any atom is -0.496 e. The SMILES string of the molecule is COc1ccc(C(=O)O)c2c1CN(C(=O)CCc1cccnc1)CC2. The first kappa shape index (κ1) is 17.0. The van der Waals surface area contributed by atoms with Gasteiger partial charge in [0.25, 0.3) is 0 Å². The maximum absolute atomic E-state index is 12.5. The number of amides is 1. The van der Waals surface area contributed by atoms with Crippen LogP contribution in [0.15, 0.2) is 36.7 Å². The Bertz CT molecular complexity index is 790. The molecule has 1 amide bonds. The van der Waals surface area contributed by atoms with Crippen molar-refractivity contribution in [1.82, 2.24) is 9.88 Å². The van der Waals surface area contributed by atoms with Crippen LogP contribution in [0.1, 0.15) is 33.5 Å². The van der Waals surface area contributed by atoms with Gasteiger partial charge in [-0.2, -0.15) is 0 Å². The lowest BCUT2D eigenvalue weighted by atomic mass is 9.93. The van der Waals surface area contributed by atoms with Crippen LogP contribution in [0, 0.1) is 0 Å². The predicted molar refractivity (Wildman–Crippen MR) is 91.6 cm³/mol. The van der Waals surface area contributed by atoms with Gasteiger partial charge in [-0.3, -0.25) is 9.78 Å². The quantitative estimate of drug-likeness (QED) is 0.903. The van der Waals surface area contributed by atoms with Gasteiger partial charge < -0.3 is 14.7 Å². The molecule has 2 heterocycles. The van der Waals surface area contributed by atoms with Gasteiger partial charge in [0.2, 0.25) is 5.91 Å². The number of nitrogens with zero attached hydrogens (tertiary/aromatic N) is 2. The number of fused-ring (bicyclic) bond motifs is 1. The van der Waals surface area contributed by atoms with Gasteiger partial charge in [0, 0.05) is 37.5 Å². The Hall–Kier alpha value is -2.89. The molecule has 1 aliphatic rings. The number of methoxy groups -OCH3 is 1. The number of hydrogen-bond donors (Lipinski definition) is 1. The summed E-state index contributed by atoms with van der Waals surface area (Å²) >= 11 is 0. The van der Waals surface area contributed by atoms with E-state index < -0.39 is 5.97 Å². The molecule has 0 atom stereocenters. The largest absolute Gasteiger partial charge is 0.496 e. The topological polar surface area (TPSA) is 79.7 Å². The molecule has 0 unspecified atom stereocenters. The zero-order valence-electron chi connectivity index (χ0n) is 14.1. The normalized spacial score (nSPS) is 13.2. The summed E-state index contributed by atoms with van der Waals surface area (Å²) in [4.78, 5) is 29.8. The molecule has 0 saturated heterocycles. The molecule has 1 N–H and O–H groups in total. The maximum atomic E-state index is 12.5. The number of aromatic carboxylic acids is 1. The number of ether oxygens (including phenoxy) is 1. The molecule has 0 aliphatic carbocycles. The van der Waals surface area contributed by atoms with Crippen LogP contribution in [0.3, 0.4) is 0 Å². The number of benzene rings is 1. The number of hydrogen-bond acceptors (Lipinski definition) is 4. The van der Waals surface area contributed by atoms with Crippen LogP contribution in [0.4, 0.5) is 0 Å². The van der Waals surface area contributed by atoms with Gasteiger partial charge in [-0.05, 0) is 42.2 Å². The first-order valence-electron chi connectivity index (χ1n) is 8.19. The molecule has 130 valence electrons. The standard InChI is InChI=1S/C19H20N2O4/c1-25-17-6-5-15(19(23)24)14-8-10-21(12-16(14)17)18(22)7-4-13-3-2-9-20-11-13/h2-3,5-6,9,11H,4,7-8,10,12H2,1H3,(H,23,24). The van der Waals surface area contributed by atoms with E-state index in [1.165, 1.54) is 0 Å². The highest BCUT2D eigenvalue weighted by molar-refractivity contribution is 5.90. The molecule has 1 aliphatic heterocycles. The van der Waals surface area contributed by atoms with Crippen LogP contribution in [0.5, 0.6) is 5.75 Å². The van der Waals surface area contributed by atoms with Crippen molar-refractivity contribution < 1.29 is 19.4 Å². The molecular weight excluding hydrogens is 320 g/mol. The summed E-state index contributed by atoms with van der Waals surface area (Å²) in [5, 5.41) is 9.36. The highest BCUT2D eigenvalue weighted by Crippen LogP contribution is 2.31. The summed E-state index contributed by atoms with van der Waals surface area (Å²) in [7, 11) is 1.55. The van der Waals surface area contributed by atoms with Crippen molar-refractivity contribution in [2.24, 2.45) is 0 Å². The first-order valence-corrected chi connectivity index (χ1v) is 8.19. The number of carboxylic acid groups (broad SMARTS) is 1. The average Bonchev–Trinajstić information content (AvgIpc) is 2.65. The molecule has 25 heavy (non-hydrogen) atoms. The van der Waals surface area contributed by atoms with E-state index in [-0.39, 0.29) is 5.91 Å². The van der Waals surface area contributed by atoms with Gasteiger partial charge in [-0.25, -0.2) is 4.79 Å². The lowest BCUT2D eigenvalue weighted by Gasteiger charge is -2.31. The van der Waals surface area contributed by atoms with Gasteiger partial charge in [-0.15, -0.1) is 0 Å². The van der Waals surface area contributed by atoms with E-state index in [0.29, 0.717) is 43.7 Å². The second-order valence-electron chi connectivity index (χ2n) is 6.00. The van der Waals surface area contributed by atoms with Crippen molar-refractivity contribution in [3.05, 3.63) is 58.9 Å². The Kier molecular flexibility index (Phi) is 4.97. The summed E-state index contributed by atoms with van der Waals surface area (Å²) < 4.78 is 5.37. The van der Waals surface area contributed by atoms with Crippen LogP contribution >= 0.6 is 0 Å². The molecular formula is C19H20N2O4. The molecule has 0 bridgehead atoms. The molecule has 6 heteroatoms. The van der Waals surface area contributed by atoms with E-state index in [9.17, 15) is 14.7 Å². The Morgan fingerprint density at radius 2 is 2.12 bits per heavy atom. The number of carboxylic acids is 1. The minimum atomic E-state index is -0.949. The third kappa shape index (κ3) is 3.63. The van der Waals surface area contributed by atoms with E-state index in [4.69, 9.17) is 4.74 Å². The van der Waals surface area contributed by atoms with E-state index in [2.05, 4.69) is 4.98 Å². The van der Waals surface area contributed by atoms with Gasteiger partial charge >= 0.3 is 5.97 Å². The van der Waals surface area contributed by atoms with Crippen LogP contribution in [-0.2, 0) is 24.2 Å². The predicted octanol–water partition coefficient (Wildman–Crippen LogP) is 2.31. The lowest BCUT2D eigenvalue weighted by Crippen LogP contribution is -2.37. The monoisotopic (exact) mass is 340 g/mol. The number of carbonyl (C=O) groups is 2. The molecule has 3 rings (SSSR count). The third-order valence-corrected chi connectivity index (χ3v) is 4.52. The molecule has 2 aromatic rings. The van der Waals surface area contributed by atoms with Crippen LogP contribution in [-0.4, -0.2) is 40.5 Å². The summed E-state index contributed by atoms with van der Waals surface area (Å²) in [5.74, 6) is -0.266. The molecule has 0 saturated carbocycles. The second kappa shape index (κ2) is 7.34. The Morgan fingerprint density at radius 1 is 1.28 bits per heavy atom. The fraction of sp³-hybridized carbons (Fsp3) is 0.316. The minimum absolute atomic E-state index is 0.0530. The lowest BCUT2D eigenvalue weighted by molar-refractivity contribution is -0.132. The summed E-state index contributed by atoms with van der Waals surface area (Å²) in [6, 6.07) is 7.04. The molecule has 1 aromatic carbocycles. The van der Waals surface area contributed by atoms with E-state index in [0.717, 1.165) is 16.7 Å². The van der Waals surface area contributed by atoms with E-state index >= 15 is 0 Å². The van der Waals surface area contributed by atoms with Crippen LogP contribution in [0.2, 0.25) is 0 Å². The number of aryl methyl sites for hydroxylation is 1. The van der Waals surface area contributed by atoms with Crippen molar-refractivity contribution in [3.8, 4) is 5.75 Å². The van der Waals surface area contributed by atoms with Crippen molar-refractivity contribution in [2.45, 2.75) is 25.8 Å². The van der Waals surface area contributed by atoms with Gasteiger partial charge in [0.1, 0.15) is 5.75 Å². The molecule has 0 spiro atoms. The van der Waals surface area contributed by atoms with Crippen LogP contribution < -0.4 is 4.74 Å². The van der Waals surface area contributed by atoms with Crippen molar-refractivity contribution in [1.29, 1.82) is 0 Å². The van der Waals surface area contributed by atoms with Crippen LogP contribution in [0.25, 0.3) is 0 Å². The highest BCUT2D eigenvalue weighted by Gasteiger charge is 2.26. The van der Waals surface area contributed by atoms with Gasteiger partial charge in [0.15, 0.2) is 0 Å². The number of pyridine rings is 1. The first-order chi connectivity index (χ1) is 12.1. The van der Waals surface area contributed by atoms with Crippen molar-refractivity contribution >= 4 is 11.9 Å². The summed E-state index contributed by atoms with van der Waals surface area (Å²) in [6.45, 7) is 0.901. The number of rotatable bonds is 5. The molecule has 0 fully saturated rings. The summed E-state index contributed by atoms with van der Waals surface area (Å²) in [6.07, 6.45) is 5.04. The zero-order chi connectivity index (χ0) is 17.8. The third-order valence-electron chi connectivity index (χ3n) is 4.52. The second-order valence-corrected chi connectivity index (χ2v) is 6.00. The zero-order valence-corrected chi connectivity index (χ0v) is 14.1. The molecule has 0 radical (unpaired) electrons. The fourth-order valence-corrected chi connectivity index (χ4v) is 3.21. The van der Waals surface area contributed by atoms with Gasteiger partial charge in [0.05, 0.1) is 12.7 Å². The fourth-order valence-electron chi connectivity index (χ4n) is 3.21. The highest BCUT2D eigenvalue weighted by atomic mass is 16.5. The Labute approximate surface area is 146 Å². The Balaban J connectivity index is 1.75. The van der Waals surface area contributed by atoms with E-state index in [1.54, 1.807) is 36.5 Å². The van der Waals surface area contributed by atoms with Gasteiger partial charge in [-0.1, -0.05) is 6.07 Å².